The molecule has 3 aromatic rings. The third-order valence-electron chi connectivity index (χ3n) is 6.35. The number of carbonyl (C=O) groups is 2. The molecule has 36 heavy (non-hydrogen) atoms. The van der Waals surface area contributed by atoms with E-state index in [0.717, 1.165) is 0 Å². The van der Waals surface area contributed by atoms with Gasteiger partial charge in [0.1, 0.15) is 30.5 Å². The normalized spacial score (nSPS) is 18.3. The molecule has 0 radical (unpaired) electrons. The Morgan fingerprint density at radius 2 is 1.64 bits per heavy atom. The number of ether oxygens (including phenoxy) is 4. The van der Waals surface area contributed by atoms with Crippen molar-refractivity contribution in [3.63, 3.8) is 0 Å². The molecule has 0 bridgehead atoms. The largest absolute Gasteiger partial charge is 0.507 e. The maximum Gasteiger partial charge on any atom is 0.300 e. The van der Waals surface area contributed by atoms with Crippen LogP contribution in [0.4, 0.5) is 5.69 Å². The van der Waals surface area contributed by atoms with E-state index in [-0.39, 0.29) is 11.3 Å². The number of amides is 1. The smallest absolute Gasteiger partial charge is 0.300 e. The Morgan fingerprint density at radius 1 is 0.917 bits per heavy atom. The van der Waals surface area contributed by atoms with Gasteiger partial charge in [0.05, 0.1) is 25.8 Å². The quantitative estimate of drug-likeness (QED) is 0.324. The summed E-state index contributed by atoms with van der Waals surface area (Å²) in [7, 11) is 3.09. The Hall–Kier alpha value is -4.46. The molecule has 1 N–H and O–H groups in total. The summed E-state index contributed by atoms with van der Waals surface area (Å²) in [5, 5.41) is 11.4. The van der Waals surface area contributed by atoms with Gasteiger partial charge < -0.3 is 24.1 Å². The lowest BCUT2D eigenvalue weighted by atomic mass is 9.93. The number of Topliss-reactive ketones (excluding diaryl/α,β-unsaturated/α-hetero) is 1. The van der Waals surface area contributed by atoms with Crippen molar-refractivity contribution in [1.29, 1.82) is 0 Å². The second kappa shape index (κ2) is 9.30. The second-order valence-corrected chi connectivity index (χ2v) is 8.45. The zero-order valence-electron chi connectivity index (χ0n) is 20.1. The highest BCUT2D eigenvalue weighted by Crippen LogP contribution is 2.45. The highest BCUT2D eigenvalue weighted by Gasteiger charge is 2.47. The van der Waals surface area contributed by atoms with Crippen molar-refractivity contribution in [3.05, 3.63) is 82.9 Å². The van der Waals surface area contributed by atoms with E-state index >= 15 is 0 Å². The standard InChI is InChI=1S/C28H25NO7/c1-16-13-20(34-3)8-9-21(16)26(30)24-25(17-5-4-6-19(14-17)33-2)29(28(32)27(24)31)18-7-10-22-23(15-18)36-12-11-35-22/h4-10,13-15,25,30H,11-12H2,1-3H3/b26-24+. The number of methoxy groups -OCH3 is 2. The monoisotopic (exact) mass is 487 g/mol. The first-order valence-electron chi connectivity index (χ1n) is 11.4. The van der Waals surface area contributed by atoms with Crippen molar-refractivity contribution in [2.24, 2.45) is 0 Å². The van der Waals surface area contributed by atoms with E-state index in [9.17, 15) is 14.7 Å². The molecule has 8 nitrogen and oxygen atoms in total. The molecule has 1 unspecified atom stereocenters. The lowest BCUT2D eigenvalue weighted by Gasteiger charge is -2.27. The van der Waals surface area contributed by atoms with Crippen LogP contribution in [0.1, 0.15) is 22.7 Å². The zero-order valence-corrected chi connectivity index (χ0v) is 20.1. The third-order valence-corrected chi connectivity index (χ3v) is 6.35. The van der Waals surface area contributed by atoms with Crippen molar-refractivity contribution in [3.8, 4) is 23.0 Å². The molecule has 5 rings (SSSR count). The zero-order chi connectivity index (χ0) is 25.4. The van der Waals surface area contributed by atoms with Gasteiger partial charge in [-0.15, -0.1) is 0 Å². The van der Waals surface area contributed by atoms with Crippen molar-refractivity contribution >= 4 is 23.1 Å². The van der Waals surface area contributed by atoms with Crippen molar-refractivity contribution in [1.82, 2.24) is 0 Å². The van der Waals surface area contributed by atoms with Gasteiger partial charge in [0.2, 0.25) is 0 Å². The number of nitrogens with zero attached hydrogens (tertiary/aromatic N) is 1. The van der Waals surface area contributed by atoms with Gasteiger partial charge in [-0.25, -0.2) is 0 Å². The Morgan fingerprint density at radius 3 is 2.36 bits per heavy atom. The number of aryl methyl sites for hydroxylation is 1. The van der Waals surface area contributed by atoms with Crippen LogP contribution in [0.3, 0.4) is 0 Å². The molecule has 1 atom stereocenters. The van der Waals surface area contributed by atoms with Crippen LogP contribution in [-0.4, -0.2) is 44.2 Å². The first-order valence-corrected chi connectivity index (χ1v) is 11.4. The molecule has 2 heterocycles. The summed E-state index contributed by atoms with van der Waals surface area (Å²) < 4.78 is 22.0. The predicted molar refractivity (Wildman–Crippen MR) is 133 cm³/mol. The summed E-state index contributed by atoms with van der Waals surface area (Å²) in [5.41, 5.74) is 2.16. The number of hydrogen-bond acceptors (Lipinski definition) is 7. The highest BCUT2D eigenvalue weighted by atomic mass is 16.6. The average Bonchev–Trinajstić information content (AvgIpc) is 3.18. The number of aliphatic hydroxyl groups is 1. The first-order chi connectivity index (χ1) is 17.4. The van der Waals surface area contributed by atoms with Gasteiger partial charge in [-0.3, -0.25) is 14.5 Å². The van der Waals surface area contributed by atoms with Gasteiger partial charge in [0.25, 0.3) is 11.7 Å². The Balaban J connectivity index is 1.71. The maximum absolute atomic E-state index is 13.5. The molecule has 1 saturated heterocycles. The van der Waals surface area contributed by atoms with Crippen molar-refractivity contribution < 1.29 is 33.6 Å². The summed E-state index contributed by atoms with van der Waals surface area (Å²) in [5.74, 6) is 0.412. The maximum atomic E-state index is 13.5. The molecule has 184 valence electrons. The number of benzene rings is 3. The number of carbonyl (C=O) groups excluding carboxylic acids is 2. The number of aliphatic hydroxyl groups excluding tert-OH is 1. The summed E-state index contributed by atoms with van der Waals surface area (Å²) in [6.45, 7) is 2.61. The van der Waals surface area contributed by atoms with Crippen LogP contribution >= 0.6 is 0 Å². The molecule has 2 aliphatic rings. The SMILES string of the molecule is COc1cccc(C2/C(=C(\O)c3ccc(OC)cc3C)C(=O)C(=O)N2c2ccc3c(c2)OCCO3)c1. The number of ketones is 1. The van der Waals surface area contributed by atoms with Crippen LogP contribution in [0.5, 0.6) is 23.0 Å². The van der Waals surface area contributed by atoms with Gasteiger partial charge in [-0.05, 0) is 60.5 Å². The molecule has 2 aliphatic heterocycles. The fourth-order valence-corrected chi connectivity index (χ4v) is 4.58. The molecule has 0 aromatic heterocycles. The summed E-state index contributed by atoms with van der Waals surface area (Å²) in [4.78, 5) is 28.3. The predicted octanol–water partition coefficient (Wildman–Crippen LogP) is 4.41. The minimum Gasteiger partial charge on any atom is -0.507 e. The van der Waals surface area contributed by atoms with E-state index in [4.69, 9.17) is 18.9 Å². The van der Waals surface area contributed by atoms with Crippen LogP contribution < -0.4 is 23.8 Å². The van der Waals surface area contributed by atoms with Crippen LogP contribution in [0.25, 0.3) is 5.76 Å². The molecule has 8 heteroatoms. The molecule has 3 aromatic carbocycles. The molecule has 0 saturated carbocycles. The van der Waals surface area contributed by atoms with E-state index in [1.807, 2.05) is 0 Å². The van der Waals surface area contributed by atoms with E-state index in [1.165, 1.54) is 12.0 Å². The average molecular weight is 488 g/mol. The van der Waals surface area contributed by atoms with Crippen LogP contribution in [0, 0.1) is 6.92 Å². The number of fused-ring (bicyclic) bond motifs is 1. The molecule has 1 fully saturated rings. The van der Waals surface area contributed by atoms with E-state index < -0.39 is 17.7 Å². The lowest BCUT2D eigenvalue weighted by molar-refractivity contribution is -0.132. The van der Waals surface area contributed by atoms with E-state index in [2.05, 4.69) is 0 Å². The molecular formula is C28H25NO7. The third kappa shape index (κ3) is 3.90. The van der Waals surface area contributed by atoms with E-state index in [1.54, 1.807) is 74.7 Å². The van der Waals surface area contributed by atoms with Crippen LogP contribution in [0.2, 0.25) is 0 Å². The van der Waals surface area contributed by atoms with Crippen LogP contribution in [0.15, 0.2) is 66.2 Å². The van der Waals surface area contributed by atoms with Gasteiger partial charge in [0.15, 0.2) is 11.5 Å². The summed E-state index contributed by atoms with van der Waals surface area (Å²) in [6.07, 6.45) is 0. The number of anilines is 1. The van der Waals surface area contributed by atoms with Gasteiger partial charge in [-0.1, -0.05) is 12.1 Å². The topological polar surface area (TPSA) is 94.5 Å². The molecule has 0 spiro atoms. The van der Waals surface area contributed by atoms with E-state index in [0.29, 0.717) is 58.6 Å². The second-order valence-electron chi connectivity index (χ2n) is 8.45. The summed E-state index contributed by atoms with van der Waals surface area (Å²) >= 11 is 0. The highest BCUT2D eigenvalue weighted by molar-refractivity contribution is 6.51. The number of rotatable bonds is 5. The number of hydrogen-bond donors (Lipinski definition) is 1. The minimum absolute atomic E-state index is 0.0172. The Labute approximate surface area is 208 Å². The molecule has 1 amide bonds. The Bertz CT molecular complexity index is 1390. The molecule has 0 aliphatic carbocycles. The van der Waals surface area contributed by atoms with Gasteiger partial charge >= 0.3 is 0 Å². The van der Waals surface area contributed by atoms with Crippen LogP contribution in [-0.2, 0) is 9.59 Å². The Kier molecular flexibility index (Phi) is 6.01. The first kappa shape index (κ1) is 23.3. The minimum atomic E-state index is -0.899. The van der Waals surface area contributed by atoms with Crippen molar-refractivity contribution in [2.75, 3.05) is 32.3 Å². The molecular weight excluding hydrogens is 462 g/mol. The fourth-order valence-electron chi connectivity index (χ4n) is 4.58. The van der Waals surface area contributed by atoms with Crippen molar-refractivity contribution in [2.45, 2.75) is 13.0 Å². The van der Waals surface area contributed by atoms with Gasteiger partial charge in [-0.2, -0.15) is 0 Å². The lowest BCUT2D eigenvalue weighted by Crippen LogP contribution is -2.29. The van der Waals surface area contributed by atoms with Gasteiger partial charge in [0, 0.05) is 17.3 Å². The fraction of sp³-hybridized carbons (Fsp3) is 0.214. The summed E-state index contributed by atoms with van der Waals surface area (Å²) in [6, 6.07) is 16.4.